The quantitative estimate of drug-likeness (QED) is 0.464. The summed E-state index contributed by atoms with van der Waals surface area (Å²) in [6.07, 6.45) is 1.91. The molecule has 1 aromatic heterocycles. The maximum Gasteiger partial charge on any atom is 0.213 e. The second-order valence-corrected chi connectivity index (χ2v) is 4.67. The topological polar surface area (TPSA) is 51.5 Å². The number of hydrogen-bond donors (Lipinski definition) is 0. The summed E-state index contributed by atoms with van der Waals surface area (Å²) in [6, 6.07) is 9.51. The Morgan fingerprint density at radius 3 is 2.50 bits per heavy atom. The van der Waals surface area contributed by atoms with Gasteiger partial charge in [-0.25, -0.2) is 9.37 Å². The SMILES string of the molecule is O=NC(Cl)Cc1ccc(OCc2ccc(F)cc2)nc1. The first-order chi connectivity index (χ1) is 9.67. The average molecular weight is 295 g/mol. The Balaban J connectivity index is 1.90. The van der Waals surface area contributed by atoms with Crippen molar-refractivity contribution in [3.05, 3.63) is 64.4 Å². The molecule has 0 aliphatic carbocycles. The van der Waals surface area contributed by atoms with Gasteiger partial charge in [0.05, 0.1) is 0 Å². The van der Waals surface area contributed by atoms with Crippen molar-refractivity contribution in [1.82, 2.24) is 4.98 Å². The molecule has 2 aromatic rings. The second-order valence-electron chi connectivity index (χ2n) is 4.16. The van der Waals surface area contributed by atoms with Gasteiger partial charge in [0, 0.05) is 18.7 Å². The maximum absolute atomic E-state index is 12.7. The van der Waals surface area contributed by atoms with Gasteiger partial charge >= 0.3 is 0 Å². The van der Waals surface area contributed by atoms with Gasteiger partial charge in [0.25, 0.3) is 0 Å². The van der Waals surface area contributed by atoms with Crippen molar-refractivity contribution in [2.45, 2.75) is 18.5 Å². The van der Waals surface area contributed by atoms with Crippen molar-refractivity contribution >= 4 is 11.6 Å². The van der Waals surface area contributed by atoms with E-state index in [4.69, 9.17) is 16.3 Å². The number of ether oxygens (including phenoxy) is 1. The van der Waals surface area contributed by atoms with Gasteiger partial charge in [-0.3, -0.25) is 0 Å². The minimum atomic E-state index is -0.789. The van der Waals surface area contributed by atoms with Gasteiger partial charge < -0.3 is 4.74 Å². The van der Waals surface area contributed by atoms with Crippen molar-refractivity contribution in [3.8, 4) is 5.88 Å². The van der Waals surface area contributed by atoms with Crippen LogP contribution < -0.4 is 4.74 Å². The fraction of sp³-hybridized carbons (Fsp3) is 0.214. The lowest BCUT2D eigenvalue weighted by Crippen LogP contribution is -2.01. The number of aromatic nitrogens is 1. The lowest BCUT2D eigenvalue weighted by atomic mass is 10.2. The molecule has 1 aromatic carbocycles. The molecular formula is C14H12ClFN2O2. The van der Waals surface area contributed by atoms with Crippen LogP contribution in [0, 0.1) is 10.7 Å². The first-order valence-corrected chi connectivity index (χ1v) is 6.40. The predicted molar refractivity (Wildman–Crippen MR) is 74.1 cm³/mol. The molecule has 0 aliphatic rings. The van der Waals surface area contributed by atoms with Crippen molar-refractivity contribution in [1.29, 1.82) is 0 Å². The van der Waals surface area contributed by atoms with E-state index in [0.717, 1.165) is 11.1 Å². The van der Waals surface area contributed by atoms with Gasteiger partial charge in [-0.15, -0.1) is 4.91 Å². The van der Waals surface area contributed by atoms with Crippen LogP contribution in [0.15, 0.2) is 47.8 Å². The van der Waals surface area contributed by atoms with Crippen LogP contribution >= 0.6 is 11.6 Å². The number of alkyl halides is 1. The molecule has 0 spiro atoms. The standard InChI is InChI=1S/C14H12ClFN2O2/c15-13(18-19)7-11-3-6-14(17-8-11)20-9-10-1-4-12(16)5-2-10/h1-6,8,13H,7,9H2. The van der Waals surface area contributed by atoms with Gasteiger partial charge in [-0.2, -0.15) is 0 Å². The first kappa shape index (κ1) is 14.4. The number of pyridine rings is 1. The van der Waals surface area contributed by atoms with E-state index in [1.54, 1.807) is 30.5 Å². The Labute approximate surface area is 120 Å². The number of nitroso groups, excluding NO2 is 1. The molecule has 0 N–H and O–H groups in total. The number of benzene rings is 1. The Morgan fingerprint density at radius 1 is 1.20 bits per heavy atom. The molecule has 0 aliphatic heterocycles. The zero-order valence-electron chi connectivity index (χ0n) is 10.5. The third-order valence-corrected chi connectivity index (χ3v) is 2.85. The van der Waals surface area contributed by atoms with E-state index in [0.29, 0.717) is 18.9 Å². The van der Waals surface area contributed by atoms with E-state index in [9.17, 15) is 9.30 Å². The van der Waals surface area contributed by atoms with Crippen molar-refractivity contribution < 1.29 is 9.13 Å². The summed E-state index contributed by atoms with van der Waals surface area (Å²) in [5.74, 6) is 0.166. The molecule has 2 rings (SSSR count). The smallest absolute Gasteiger partial charge is 0.213 e. The highest BCUT2D eigenvalue weighted by molar-refractivity contribution is 6.20. The predicted octanol–water partition coefficient (Wildman–Crippen LogP) is 3.67. The van der Waals surface area contributed by atoms with E-state index < -0.39 is 5.50 Å². The number of rotatable bonds is 6. The minimum Gasteiger partial charge on any atom is -0.473 e. The molecule has 0 bridgehead atoms. The number of nitrogens with zero attached hydrogens (tertiary/aromatic N) is 2. The van der Waals surface area contributed by atoms with Gasteiger partial charge in [0.2, 0.25) is 5.88 Å². The molecule has 0 fully saturated rings. The lowest BCUT2D eigenvalue weighted by molar-refractivity contribution is 0.293. The molecule has 0 saturated carbocycles. The van der Waals surface area contributed by atoms with Crippen molar-refractivity contribution in [2.24, 2.45) is 5.18 Å². The van der Waals surface area contributed by atoms with Crippen LogP contribution in [0.2, 0.25) is 0 Å². The molecule has 104 valence electrons. The molecule has 1 unspecified atom stereocenters. The second kappa shape index (κ2) is 6.96. The molecular weight excluding hydrogens is 283 g/mol. The van der Waals surface area contributed by atoms with Crippen LogP contribution in [0.3, 0.4) is 0 Å². The Bertz CT molecular complexity index is 560. The maximum atomic E-state index is 12.7. The summed E-state index contributed by atoms with van der Waals surface area (Å²) in [7, 11) is 0. The molecule has 0 saturated heterocycles. The third kappa shape index (κ3) is 4.28. The zero-order valence-corrected chi connectivity index (χ0v) is 11.3. The van der Waals surface area contributed by atoms with Crippen molar-refractivity contribution in [3.63, 3.8) is 0 Å². The van der Waals surface area contributed by atoms with E-state index in [1.165, 1.54) is 12.1 Å². The first-order valence-electron chi connectivity index (χ1n) is 5.96. The largest absolute Gasteiger partial charge is 0.473 e. The van der Waals surface area contributed by atoms with Crippen LogP contribution in [-0.4, -0.2) is 10.5 Å². The van der Waals surface area contributed by atoms with Crippen LogP contribution in [0.1, 0.15) is 11.1 Å². The monoisotopic (exact) mass is 294 g/mol. The summed E-state index contributed by atoms with van der Waals surface area (Å²) in [5, 5.41) is 2.72. The summed E-state index contributed by atoms with van der Waals surface area (Å²) >= 11 is 5.62. The van der Waals surface area contributed by atoms with E-state index in [-0.39, 0.29) is 5.82 Å². The summed E-state index contributed by atoms with van der Waals surface area (Å²) in [4.78, 5) is 14.3. The van der Waals surface area contributed by atoms with E-state index in [1.807, 2.05) is 0 Å². The third-order valence-electron chi connectivity index (χ3n) is 2.62. The Kier molecular flexibility index (Phi) is 5.01. The zero-order chi connectivity index (χ0) is 14.4. The molecule has 6 heteroatoms. The van der Waals surface area contributed by atoms with Crippen molar-refractivity contribution in [2.75, 3.05) is 0 Å². The van der Waals surface area contributed by atoms with Gasteiger partial charge in [0.1, 0.15) is 12.4 Å². The fourth-order valence-electron chi connectivity index (χ4n) is 1.59. The summed E-state index contributed by atoms with van der Waals surface area (Å²) < 4.78 is 18.2. The van der Waals surface area contributed by atoms with Crippen LogP contribution in [0.5, 0.6) is 5.88 Å². The fourth-order valence-corrected chi connectivity index (χ4v) is 1.76. The molecule has 1 atom stereocenters. The molecule has 4 nitrogen and oxygen atoms in total. The highest BCUT2D eigenvalue weighted by atomic mass is 35.5. The van der Waals surface area contributed by atoms with Crippen LogP contribution in [0.4, 0.5) is 4.39 Å². The van der Waals surface area contributed by atoms with E-state index >= 15 is 0 Å². The van der Waals surface area contributed by atoms with Crippen LogP contribution in [-0.2, 0) is 13.0 Å². The Hall–Kier alpha value is -2.01. The minimum absolute atomic E-state index is 0.282. The van der Waals surface area contributed by atoms with Crippen LogP contribution in [0.25, 0.3) is 0 Å². The van der Waals surface area contributed by atoms with E-state index in [2.05, 4.69) is 10.2 Å². The highest BCUT2D eigenvalue weighted by Gasteiger charge is 2.06. The number of halogens is 2. The molecule has 20 heavy (non-hydrogen) atoms. The lowest BCUT2D eigenvalue weighted by Gasteiger charge is -2.06. The summed E-state index contributed by atoms with van der Waals surface area (Å²) in [5.41, 5.74) is 0.866. The van der Waals surface area contributed by atoms with Gasteiger partial charge in [-0.1, -0.05) is 29.8 Å². The number of hydrogen-bond acceptors (Lipinski definition) is 4. The highest BCUT2D eigenvalue weighted by Crippen LogP contribution is 2.13. The molecule has 0 radical (unpaired) electrons. The molecule has 0 amide bonds. The Morgan fingerprint density at radius 2 is 1.90 bits per heavy atom. The molecule has 1 heterocycles. The average Bonchev–Trinajstić information content (AvgIpc) is 2.48. The van der Waals surface area contributed by atoms with Gasteiger partial charge in [0.15, 0.2) is 5.50 Å². The summed E-state index contributed by atoms with van der Waals surface area (Å²) in [6.45, 7) is 0.306. The van der Waals surface area contributed by atoms with Gasteiger partial charge in [-0.05, 0) is 28.4 Å². The normalized spacial score (nSPS) is 11.9.